The lowest BCUT2D eigenvalue weighted by Gasteiger charge is -2.09. The minimum Gasteiger partial charge on any atom is -0.488 e. The largest absolute Gasteiger partial charge is 0.488 e. The van der Waals surface area contributed by atoms with E-state index in [4.69, 9.17) is 14.2 Å². The second kappa shape index (κ2) is 4.38. The van der Waals surface area contributed by atoms with Gasteiger partial charge in [-0.05, 0) is 24.8 Å². The van der Waals surface area contributed by atoms with Crippen LogP contribution < -0.4 is 14.2 Å². The van der Waals surface area contributed by atoms with E-state index in [1.807, 2.05) is 6.07 Å². The first-order valence-electron chi connectivity index (χ1n) is 5.05. The van der Waals surface area contributed by atoms with Crippen LogP contribution in [-0.4, -0.2) is 25.8 Å². The lowest BCUT2D eigenvalue weighted by Crippen LogP contribution is -2.02. The molecule has 1 saturated carbocycles. The molecule has 4 heteroatoms. The summed E-state index contributed by atoms with van der Waals surface area (Å²) in [7, 11) is 3.15. The topological polar surface area (TPSA) is 40.6 Å². The predicted molar refractivity (Wildman–Crippen MR) is 55.6 cm³/mol. The number of rotatable bonds is 5. The van der Waals surface area contributed by atoms with Crippen LogP contribution in [0.5, 0.6) is 17.5 Å². The minimum absolute atomic E-state index is 0.481. The monoisotopic (exact) mass is 209 g/mol. The van der Waals surface area contributed by atoms with Crippen LogP contribution in [0.3, 0.4) is 0 Å². The SMILES string of the molecule is COc1ccc(OCC2CC2)c(OC)n1. The van der Waals surface area contributed by atoms with E-state index in [2.05, 4.69) is 4.98 Å². The Balaban J connectivity index is 2.06. The van der Waals surface area contributed by atoms with E-state index in [-0.39, 0.29) is 0 Å². The number of hydrogen-bond acceptors (Lipinski definition) is 4. The Morgan fingerprint density at radius 1 is 1.27 bits per heavy atom. The van der Waals surface area contributed by atoms with Gasteiger partial charge >= 0.3 is 0 Å². The van der Waals surface area contributed by atoms with Crippen molar-refractivity contribution in [2.45, 2.75) is 12.8 Å². The Morgan fingerprint density at radius 3 is 2.67 bits per heavy atom. The maximum absolute atomic E-state index is 5.61. The highest BCUT2D eigenvalue weighted by Gasteiger charge is 2.22. The van der Waals surface area contributed by atoms with Gasteiger partial charge in [0.25, 0.3) is 5.88 Å². The second-order valence-electron chi connectivity index (χ2n) is 3.62. The summed E-state index contributed by atoms with van der Waals surface area (Å²) < 4.78 is 15.7. The fourth-order valence-corrected chi connectivity index (χ4v) is 1.27. The lowest BCUT2D eigenvalue weighted by molar-refractivity contribution is 0.272. The molecule has 0 amide bonds. The van der Waals surface area contributed by atoms with Gasteiger partial charge in [0.1, 0.15) is 0 Å². The zero-order chi connectivity index (χ0) is 10.7. The van der Waals surface area contributed by atoms with E-state index in [0.717, 1.165) is 12.5 Å². The summed E-state index contributed by atoms with van der Waals surface area (Å²) in [4.78, 5) is 4.14. The Kier molecular flexibility index (Phi) is 2.94. The van der Waals surface area contributed by atoms with Crippen LogP contribution in [-0.2, 0) is 0 Å². The molecule has 0 atom stereocenters. The molecule has 1 heterocycles. The van der Waals surface area contributed by atoms with Crippen LogP contribution in [0.4, 0.5) is 0 Å². The normalized spacial score (nSPS) is 14.8. The summed E-state index contributed by atoms with van der Waals surface area (Å²) in [5, 5.41) is 0. The van der Waals surface area contributed by atoms with Crippen molar-refractivity contribution in [1.29, 1.82) is 0 Å². The highest BCUT2D eigenvalue weighted by atomic mass is 16.5. The molecule has 0 saturated heterocycles. The summed E-state index contributed by atoms with van der Waals surface area (Å²) in [6, 6.07) is 3.60. The first kappa shape index (κ1) is 10.1. The molecule has 1 fully saturated rings. The third-order valence-corrected chi connectivity index (χ3v) is 2.37. The summed E-state index contributed by atoms with van der Waals surface area (Å²) in [6.45, 7) is 0.754. The van der Waals surface area contributed by atoms with Gasteiger partial charge in [-0.3, -0.25) is 0 Å². The van der Waals surface area contributed by atoms with Gasteiger partial charge in [-0.25, -0.2) is 0 Å². The van der Waals surface area contributed by atoms with E-state index < -0.39 is 0 Å². The Hall–Kier alpha value is -1.45. The quantitative estimate of drug-likeness (QED) is 0.742. The Bertz CT molecular complexity index is 337. The molecule has 1 aromatic rings. The highest BCUT2D eigenvalue weighted by molar-refractivity contribution is 5.36. The first-order valence-corrected chi connectivity index (χ1v) is 5.05. The van der Waals surface area contributed by atoms with Gasteiger partial charge in [-0.1, -0.05) is 0 Å². The summed E-state index contributed by atoms with van der Waals surface area (Å²) in [5.74, 6) is 2.42. The molecule has 0 N–H and O–H groups in total. The summed E-state index contributed by atoms with van der Waals surface area (Å²) in [6.07, 6.45) is 2.54. The first-order chi connectivity index (χ1) is 7.33. The van der Waals surface area contributed by atoms with E-state index in [1.54, 1.807) is 20.3 Å². The van der Waals surface area contributed by atoms with Crippen molar-refractivity contribution in [3.8, 4) is 17.5 Å². The second-order valence-corrected chi connectivity index (χ2v) is 3.62. The van der Waals surface area contributed by atoms with Crippen molar-refractivity contribution in [2.75, 3.05) is 20.8 Å². The Morgan fingerprint density at radius 2 is 2.07 bits per heavy atom. The molecule has 15 heavy (non-hydrogen) atoms. The van der Waals surface area contributed by atoms with Crippen LogP contribution in [0.2, 0.25) is 0 Å². The molecule has 0 spiro atoms. The van der Waals surface area contributed by atoms with Crippen LogP contribution in [0.1, 0.15) is 12.8 Å². The van der Waals surface area contributed by atoms with Crippen molar-refractivity contribution in [3.63, 3.8) is 0 Å². The van der Waals surface area contributed by atoms with Gasteiger partial charge in [-0.15, -0.1) is 0 Å². The van der Waals surface area contributed by atoms with Gasteiger partial charge in [-0.2, -0.15) is 4.98 Å². The van der Waals surface area contributed by atoms with E-state index in [0.29, 0.717) is 17.5 Å². The molecule has 0 unspecified atom stereocenters. The van der Waals surface area contributed by atoms with E-state index in [1.165, 1.54) is 12.8 Å². The third kappa shape index (κ3) is 2.52. The number of methoxy groups -OCH3 is 2. The molecule has 4 nitrogen and oxygen atoms in total. The number of pyridine rings is 1. The fourth-order valence-electron chi connectivity index (χ4n) is 1.27. The predicted octanol–water partition coefficient (Wildman–Crippen LogP) is 1.89. The number of hydrogen-bond donors (Lipinski definition) is 0. The molecule has 1 aliphatic carbocycles. The van der Waals surface area contributed by atoms with Crippen molar-refractivity contribution in [1.82, 2.24) is 4.98 Å². The Labute approximate surface area is 89.2 Å². The molecular weight excluding hydrogens is 194 g/mol. The zero-order valence-electron chi connectivity index (χ0n) is 9.03. The summed E-state index contributed by atoms with van der Waals surface area (Å²) in [5.41, 5.74) is 0. The molecule has 0 bridgehead atoms. The maximum Gasteiger partial charge on any atom is 0.260 e. The standard InChI is InChI=1S/C11H15NO3/c1-13-10-6-5-9(11(12-10)14-2)15-7-8-3-4-8/h5-6,8H,3-4,7H2,1-2H3. The van der Waals surface area contributed by atoms with Crippen molar-refractivity contribution >= 4 is 0 Å². The third-order valence-electron chi connectivity index (χ3n) is 2.37. The van der Waals surface area contributed by atoms with Crippen LogP contribution in [0, 0.1) is 5.92 Å². The van der Waals surface area contributed by atoms with Gasteiger partial charge < -0.3 is 14.2 Å². The lowest BCUT2D eigenvalue weighted by atomic mass is 10.4. The molecule has 1 aliphatic rings. The summed E-state index contributed by atoms with van der Waals surface area (Å²) >= 11 is 0. The van der Waals surface area contributed by atoms with Crippen molar-refractivity contribution in [3.05, 3.63) is 12.1 Å². The maximum atomic E-state index is 5.61. The minimum atomic E-state index is 0.481. The average Bonchev–Trinajstić information content (AvgIpc) is 3.10. The van der Waals surface area contributed by atoms with Crippen LogP contribution in [0.15, 0.2) is 12.1 Å². The number of ether oxygens (including phenoxy) is 3. The molecule has 0 radical (unpaired) electrons. The molecule has 1 aromatic heterocycles. The molecular formula is C11H15NO3. The van der Waals surface area contributed by atoms with Crippen LogP contribution in [0.25, 0.3) is 0 Å². The molecule has 0 aliphatic heterocycles. The van der Waals surface area contributed by atoms with Crippen molar-refractivity contribution in [2.24, 2.45) is 5.92 Å². The van der Waals surface area contributed by atoms with Gasteiger partial charge in [0.05, 0.1) is 20.8 Å². The van der Waals surface area contributed by atoms with Gasteiger partial charge in [0, 0.05) is 6.07 Å². The molecule has 0 aromatic carbocycles. The van der Waals surface area contributed by atoms with Gasteiger partial charge in [0.2, 0.25) is 5.88 Å². The number of nitrogens with zero attached hydrogens (tertiary/aromatic N) is 1. The van der Waals surface area contributed by atoms with Gasteiger partial charge in [0.15, 0.2) is 5.75 Å². The molecule has 2 rings (SSSR count). The number of aromatic nitrogens is 1. The van der Waals surface area contributed by atoms with E-state index >= 15 is 0 Å². The smallest absolute Gasteiger partial charge is 0.260 e. The average molecular weight is 209 g/mol. The van der Waals surface area contributed by atoms with Crippen LogP contribution >= 0.6 is 0 Å². The molecule has 82 valence electrons. The fraction of sp³-hybridized carbons (Fsp3) is 0.545. The highest BCUT2D eigenvalue weighted by Crippen LogP contribution is 2.32. The van der Waals surface area contributed by atoms with Crippen molar-refractivity contribution < 1.29 is 14.2 Å². The van der Waals surface area contributed by atoms with E-state index in [9.17, 15) is 0 Å². The zero-order valence-corrected chi connectivity index (χ0v) is 9.03.